The molecule has 1 atom stereocenters. The smallest absolute Gasteiger partial charge is 0.315 e. The molecule has 0 saturated heterocycles. The van der Waals surface area contributed by atoms with Gasteiger partial charge >= 0.3 is 12.0 Å². The average Bonchev–Trinajstić information content (AvgIpc) is 2.36. The van der Waals surface area contributed by atoms with Crippen LogP contribution in [-0.4, -0.2) is 29.7 Å². The molecule has 3 N–H and O–H groups in total. The zero-order valence-corrected chi connectivity index (χ0v) is 14.0. The van der Waals surface area contributed by atoms with Gasteiger partial charge < -0.3 is 15.7 Å². The Hall–Kier alpha value is -1.26. The third-order valence-corrected chi connectivity index (χ3v) is 3.58. The van der Waals surface area contributed by atoms with E-state index in [-0.39, 0.29) is 23.9 Å². The van der Waals surface area contributed by atoms with E-state index < -0.39 is 5.97 Å². The summed E-state index contributed by atoms with van der Waals surface area (Å²) in [6.07, 6.45) is 6.16. The molecule has 0 bridgehead atoms. The zero-order valence-electron chi connectivity index (χ0n) is 14.0. The summed E-state index contributed by atoms with van der Waals surface area (Å²) in [5.74, 6) is -0.881. The number of hydrogen-bond donors (Lipinski definition) is 3. The molecule has 1 unspecified atom stereocenters. The number of carbonyl (C=O) groups is 2. The number of carboxylic acids is 1. The maximum absolute atomic E-state index is 11.9. The lowest BCUT2D eigenvalue weighted by Crippen LogP contribution is -2.45. The minimum Gasteiger partial charge on any atom is -0.481 e. The highest BCUT2D eigenvalue weighted by Gasteiger charge is 2.20. The van der Waals surface area contributed by atoms with Crippen LogP contribution in [-0.2, 0) is 4.79 Å². The van der Waals surface area contributed by atoms with Crippen molar-refractivity contribution in [2.45, 2.75) is 78.7 Å². The van der Waals surface area contributed by atoms with E-state index in [1.165, 1.54) is 19.3 Å². The van der Waals surface area contributed by atoms with Gasteiger partial charge in [0.1, 0.15) is 0 Å². The van der Waals surface area contributed by atoms with E-state index in [0.717, 1.165) is 12.8 Å². The van der Waals surface area contributed by atoms with Crippen molar-refractivity contribution in [3.05, 3.63) is 0 Å². The number of carbonyl (C=O) groups excluding carboxylic acids is 1. The highest BCUT2D eigenvalue weighted by atomic mass is 16.4. The Kier molecular flexibility index (Phi) is 9.84. The number of urea groups is 1. The SMILES string of the molecule is CCCCCC(C)(C)CNC(=O)NC(CCC)CC(=O)O. The maximum Gasteiger partial charge on any atom is 0.315 e. The summed E-state index contributed by atoms with van der Waals surface area (Å²) in [5.41, 5.74) is 0.0690. The maximum atomic E-state index is 11.9. The third-order valence-electron chi connectivity index (χ3n) is 3.58. The Morgan fingerprint density at radius 3 is 2.33 bits per heavy atom. The van der Waals surface area contributed by atoms with E-state index >= 15 is 0 Å². The molecule has 0 radical (unpaired) electrons. The largest absolute Gasteiger partial charge is 0.481 e. The van der Waals surface area contributed by atoms with Crippen LogP contribution in [0.25, 0.3) is 0 Å². The Labute approximate surface area is 128 Å². The summed E-state index contributed by atoms with van der Waals surface area (Å²) in [6.45, 7) is 9.04. The molecule has 0 saturated carbocycles. The molecule has 0 heterocycles. The predicted octanol–water partition coefficient (Wildman–Crippen LogP) is 3.54. The second kappa shape index (κ2) is 10.5. The first-order chi connectivity index (χ1) is 9.80. The molecule has 5 heteroatoms. The number of carboxylic acid groups (broad SMARTS) is 1. The molecule has 5 nitrogen and oxygen atoms in total. The average molecular weight is 300 g/mol. The fraction of sp³-hybridized carbons (Fsp3) is 0.875. The van der Waals surface area contributed by atoms with Gasteiger partial charge in [-0.3, -0.25) is 4.79 Å². The highest BCUT2D eigenvalue weighted by Crippen LogP contribution is 2.22. The molecule has 0 aromatic carbocycles. The van der Waals surface area contributed by atoms with E-state index in [0.29, 0.717) is 13.0 Å². The first-order valence-corrected chi connectivity index (χ1v) is 8.07. The molecule has 0 aliphatic rings. The van der Waals surface area contributed by atoms with E-state index in [1.54, 1.807) is 0 Å². The molecule has 0 aliphatic carbocycles. The molecular formula is C16H32N2O3. The van der Waals surface area contributed by atoms with Crippen LogP contribution in [0.1, 0.15) is 72.6 Å². The summed E-state index contributed by atoms with van der Waals surface area (Å²) in [4.78, 5) is 22.6. The van der Waals surface area contributed by atoms with Crippen molar-refractivity contribution in [1.82, 2.24) is 10.6 Å². The summed E-state index contributed by atoms with van der Waals surface area (Å²) >= 11 is 0. The van der Waals surface area contributed by atoms with Crippen molar-refractivity contribution in [2.24, 2.45) is 5.41 Å². The zero-order chi connectivity index (χ0) is 16.3. The molecule has 2 amide bonds. The molecule has 124 valence electrons. The molecular weight excluding hydrogens is 268 g/mol. The first-order valence-electron chi connectivity index (χ1n) is 8.07. The van der Waals surface area contributed by atoms with Crippen molar-refractivity contribution in [2.75, 3.05) is 6.54 Å². The third kappa shape index (κ3) is 11.1. The van der Waals surface area contributed by atoms with Gasteiger partial charge in [0.05, 0.1) is 6.42 Å². The van der Waals surface area contributed by atoms with Gasteiger partial charge in [-0.15, -0.1) is 0 Å². The lowest BCUT2D eigenvalue weighted by molar-refractivity contribution is -0.137. The monoisotopic (exact) mass is 300 g/mol. The number of hydrogen-bond acceptors (Lipinski definition) is 2. The molecule has 0 aliphatic heterocycles. The highest BCUT2D eigenvalue weighted by molar-refractivity contribution is 5.75. The minimum atomic E-state index is -0.881. The summed E-state index contributed by atoms with van der Waals surface area (Å²) < 4.78 is 0. The number of amides is 2. The summed E-state index contributed by atoms with van der Waals surface area (Å²) in [7, 11) is 0. The van der Waals surface area contributed by atoms with Crippen LogP contribution < -0.4 is 10.6 Å². The molecule has 21 heavy (non-hydrogen) atoms. The van der Waals surface area contributed by atoms with Crippen LogP contribution in [0.4, 0.5) is 4.79 Å². The van der Waals surface area contributed by atoms with Gasteiger partial charge in [-0.25, -0.2) is 4.79 Å². The first kappa shape index (κ1) is 19.7. The van der Waals surface area contributed by atoms with E-state index in [1.807, 2.05) is 6.92 Å². The molecule has 0 aromatic rings. The molecule has 0 fully saturated rings. The fourth-order valence-electron chi connectivity index (χ4n) is 2.28. The summed E-state index contributed by atoms with van der Waals surface area (Å²) in [6, 6.07) is -0.561. The van der Waals surface area contributed by atoms with Crippen molar-refractivity contribution in [3.8, 4) is 0 Å². The number of rotatable bonds is 11. The second-order valence-corrected chi connectivity index (χ2v) is 6.53. The van der Waals surface area contributed by atoms with Gasteiger partial charge in [-0.05, 0) is 18.3 Å². The predicted molar refractivity (Wildman–Crippen MR) is 85.4 cm³/mol. The Balaban J connectivity index is 4.13. The van der Waals surface area contributed by atoms with Crippen LogP contribution in [0, 0.1) is 5.41 Å². The van der Waals surface area contributed by atoms with Crippen LogP contribution in [0.15, 0.2) is 0 Å². The van der Waals surface area contributed by atoms with Gasteiger partial charge in [0.2, 0.25) is 0 Å². The number of unbranched alkanes of at least 4 members (excludes halogenated alkanes) is 2. The van der Waals surface area contributed by atoms with Gasteiger partial charge in [0, 0.05) is 12.6 Å². The van der Waals surface area contributed by atoms with Gasteiger partial charge in [-0.2, -0.15) is 0 Å². The molecule has 0 spiro atoms. The Morgan fingerprint density at radius 1 is 1.14 bits per heavy atom. The standard InChI is InChI=1S/C16H32N2O3/c1-5-7-8-10-16(3,4)12-17-15(21)18-13(9-6-2)11-14(19)20/h13H,5-12H2,1-4H3,(H,19,20)(H2,17,18,21). The number of nitrogens with one attached hydrogen (secondary N) is 2. The normalized spacial score (nSPS) is 12.8. The van der Waals surface area contributed by atoms with Crippen LogP contribution in [0.2, 0.25) is 0 Å². The lowest BCUT2D eigenvalue weighted by Gasteiger charge is -2.26. The van der Waals surface area contributed by atoms with Crippen molar-refractivity contribution < 1.29 is 14.7 Å². The van der Waals surface area contributed by atoms with Gasteiger partial charge in [0.25, 0.3) is 0 Å². The van der Waals surface area contributed by atoms with Crippen molar-refractivity contribution >= 4 is 12.0 Å². The van der Waals surface area contributed by atoms with Crippen molar-refractivity contribution in [3.63, 3.8) is 0 Å². The fourth-order valence-corrected chi connectivity index (χ4v) is 2.28. The van der Waals surface area contributed by atoms with Crippen LogP contribution in [0.5, 0.6) is 0 Å². The van der Waals surface area contributed by atoms with Crippen LogP contribution in [0.3, 0.4) is 0 Å². The van der Waals surface area contributed by atoms with Crippen LogP contribution >= 0.6 is 0 Å². The number of aliphatic carboxylic acids is 1. The quantitative estimate of drug-likeness (QED) is 0.511. The minimum absolute atomic E-state index is 0.0266. The summed E-state index contributed by atoms with van der Waals surface area (Å²) in [5, 5.41) is 14.5. The second-order valence-electron chi connectivity index (χ2n) is 6.53. The van der Waals surface area contributed by atoms with E-state index in [2.05, 4.69) is 31.4 Å². The van der Waals surface area contributed by atoms with Crippen molar-refractivity contribution in [1.29, 1.82) is 0 Å². The van der Waals surface area contributed by atoms with Gasteiger partial charge in [0.15, 0.2) is 0 Å². The molecule has 0 aromatic heterocycles. The Bertz CT molecular complexity index is 317. The van der Waals surface area contributed by atoms with E-state index in [9.17, 15) is 9.59 Å². The Morgan fingerprint density at radius 2 is 1.81 bits per heavy atom. The van der Waals surface area contributed by atoms with E-state index in [4.69, 9.17) is 5.11 Å². The lowest BCUT2D eigenvalue weighted by atomic mass is 9.87. The molecule has 0 rings (SSSR count). The van der Waals surface area contributed by atoms with Gasteiger partial charge in [-0.1, -0.05) is 53.4 Å². The topological polar surface area (TPSA) is 78.4 Å².